The maximum Gasteiger partial charge on any atom is 0.1000 e. The Morgan fingerprint density at radius 3 is 2.75 bits per heavy atom. The Hall–Kier alpha value is -0.160. The Kier molecular flexibility index (Phi) is 4.53. The largest absolute Gasteiger partial charge is 0.383 e. The molecule has 0 N–H and O–H groups in total. The molecule has 71 valence electrons. The van der Waals surface area contributed by atoms with Crippen LogP contribution < -0.4 is 5.32 Å². The van der Waals surface area contributed by atoms with Crippen LogP contribution in [0.25, 0.3) is 0 Å². The maximum absolute atomic E-state index is 5.48. The molecule has 4 heteroatoms. The number of morpholine rings is 1. The van der Waals surface area contributed by atoms with Crippen LogP contribution in [-0.4, -0.2) is 52.7 Å². The van der Waals surface area contributed by atoms with E-state index in [-0.39, 0.29) is 12.1 Å². The number of rotatable bonds is 4. The third-order valence-electron chi connectivity index (χ3n) is 1.88. The monoisotopic (exact) mass is 174 g/mol. The number of hydrogen-bond acceptors (Lipinski definition) is 3. The first-order valence-electron chi connectivity index (χ1n) is 4.14. The lowest BCUT2D eigenvalue weighted by Crippen LogP contribution is -2.48. The van der Waals surface area contributed by atoms with E-state index in [1.54, 1.807) is 14.2 Å². The highest BCUT2D eigenvalue weighted by Gasteiger charge is 2.26. The lowest BCUT2D eigenvalue weighted by Gasteiger charge is -2.30. The van der Waals surface area contributed by atoms with Crippen molar-refractivity contribution < 1.29 is 14.2 Å². The molecule has 0 amide bonds. The predicted molar refractivity (Wildman–Crippen MR) is 44.3 cm³/mol. The van der Waals surface area contributed by atoms with Crippen LogP contribution in [-0.2, 0) is 14.2 Å². The van der Waals surface area contributed by atoms with Crippen molar-refractivity contribution in [1.82, 2.24) is 5.32 Å². The van der Waals surface area contributed by atoms with E-state index in [1.165, 1.54) is 0 Å². The summed E-state index contributed by atoms with van der Waals surface area (Å²) >= 11 is 0. The highest BCUT2D eigenvalue weighted by molar-refractivity contribution is 4.79. The first kappa shape index (κ1) is 9.92. The molecule has 1 heterocycles. The molecule has 1 saturated heterocycles. The van der Waals surface area contributed by atoms with E-state index < -0.39 is 0 Å². The fraction of sp³-hybridized carbons (Fsp3) is 1.00. The normalized spacial score (nSPS) is 30.5. The zero-order chi connectivity index (χ0) is 8.81. The van der Waals surface area contributed by atoms with Crippen molar-refractivity contribution >= 4 is 0 Å². The van der Waals surface area contributed by atoms with Gasteiger partial charge >= 0.3 is 0 Å². The van der Waals surface area contributed by atoms with Gasteiger partial charge in [-0.3, -0.25) is 0 Å². The van der Waals surface area contributed by atoms with Gasteiger partial charge in [-0.1, -0.05) is 0 Å². The van der Waals surface area contributed by atoms with Gasteiger partial charge in [0.15, 0.2) is 0 Å². The zero-order valence-corrected chi connectivity index (χ0v) is 7.66. The number of hydrogen-bond donors (Lipinski definition) is 0. The van der Waals surface area contributed by atoms with E-state index in [0.717, 1.165) is 6.54 Å². The van der Waals surface area contributed by atoms with Crippen molar-refractivity contribution in [3.63, 3.8) is 0 Å². The van der Waals surface area contributed by atoms with Gasteiger partial charge in [0.2, 0.25) is 0 Å². The van der Waals surface area contributed by atoms with E-state index in [1.807, 2.05) is 0 Å². The fourth-order valence-electron chi connectivity index (χ4n) is 1.31. The van der Waals surface area contributed by atoms with Gasteiger partial charge in [0.05, 0.1) is 32.0 Å². The molecule has 2 unspecified atom stereocenters. The van der Waals surface area contributed by atoms with Crippen LogP contribution in [0.3, 0.4) is 0 Å². The molecule has 0 aromatic heterocycles. The molecule has 0 aromatic carbocycles. The minimum atomic E-state index is 0.0729. The van der Waals surface area contributed by atoms with Crippen LogP contribution in [0.5, 0.6) is 0 Å². The number of ether oxygens (including phenoxy) is 3. The van der Waals surface area contributed by atoms with Crippen molar-refractivity contribution in [3.05, 3.63) is 0 Å². The van der Waals surface area contributed by atoms with E-state index in [2.05, 4.69) is 5.32 Å². The summed E-state index contributed by atoms with van der Waals surface area (Å²) in [6.07, 6.45) is 0.0729. The summed E-state index contributed by atoms with van der Waals surface area (Å²) in [7, 11) is 3.34. The Balaban J connectivity index is 2.31. The molecule has 0 aromatic rings. The molecule has 1 aliphatic rings. The standard InChI is InChI=1S/C8H16NO3/c1-10-5-7-8(6-11-2)12-4-3-9-7/h7-8H,3-6H2,1-2H3. The second-order valence-corrected chi connectivity index (χ2v) is 2.79. The number of methoxy groups -OCH3 is 2. The minimum absolute atomic E-state index is 0.0729. The molecular weight excluding hydrogens is 158 g/mol. The Morgan fingerprint density at radius 1 is 1.33 bits per heavy atom. The van der Waals surface area contributed by atoms with Crippen molar-refractivity contribution in [3.8, 4) is 0 Å². The zero-order valence-electron chi connectivity index (χ0n) is 7.66. The molecule has 0 bridgehead atoms. The average Bonchev–Trinajstić information content (AvgIpc) is 2.09. The van der Waals surface area contributed by atoms with Crippen LogP contribution >= 0.6 is 0 Å². The molecule has 0 saturated carbocycles. The Bertz CT molecular complexity index is 103. The first-order valence-corrected chi connectivity index (χ1v) is 4.14. The summed E-state index contributed by atoms with van der Waals surface area (Å²) in [5.41, 5.74) is 0. The smallest absolute Gasteiger partial charge is 0.1000 e. The molecular formula is C8H16NO3. The third kappa shape index (κ3) is 2.71. The summed E-state index contributed by atoms with van der Waals surface area (Å²) in [6, 6.07) is 0.142. The molecule has 1 rings (SSSR count). The Labute approximate surface area is 73.2 Å². The van der Waals surface area contributed by atoms with Crippen molar-refractivity contribution in [2.75, 3.05) is 40.6 Å². The molecule has 0 aliphatic carbocycles. The summed E-state index contributed by atoms with van der Waals surface area (Å²) in [6.45, 7) is 2.69. The van der Waals surface area contributed by atoms with Gasteiger partial charge in [0.25, 0.3) is 0 Å². The van der Waals surface area contributed by atoms with E-state index in [0.29, 0.717) is 19.8 Å². The summed E-state index contributed by atoms with van der Waals surface area (Å²) in [5, 5.41) is 4.39. The van der Waals surface area contributed by atoms with Crippen LogP contribution in [0.2, 0.25) is 0 Å². The first-order chi connectivity index (χ1) is 5.88. The highest BCUT2D eigenvalue weighted by atomic mass is 16.5. The second-order valence-electron chi connectivity index (χ2n) is 2.79. The molecule has 4 nitrogen and oxygen atoms in total. The van der Waals surface area contributed by atoms with E-state index in [4.69, 9.17) is 14.2 Å². The summed E-state index contributed by atoms with van der Waals surface area (Å²) in [4.78, 5) is 0. The van der Waals surface area contributed by atoms with Crippen LogP contribution in [0.15, 0.2) is 0 Å². The highest BCUT2D eigenvalue weighted by Crippen LogP contribution is 2.06. The van der Waals surface area contributed by atoms with Crippen molar-refractivity contribution in [2.45, 2.75) is 12.1 Å². The SMILES string of the molecule is COCC1[N]CCOC1COC. The number of nitrogens with zero attached hydrogens (tertiary/aromatic N) is 1. The van der Waals surface area contributed by atoms with Gasteiger partial charge in [-0.2, -0.15) is 0 Å². The van der Waals surface area contributed by atoms with Gasteiger partial charge < -0.3 is 14.2 Å². The lowest BCUT2D eigenvalue weighted by molar-refractivity contribution is -0.0616. The summed E-state index contributed by atoms with van der Waals surface area (Å²) < 4.78 is 15.5. The van der Waals surface area contributed by atoms with Gasteiger partial charge in [0.1, 0.15) is 0 Å². The molecule has 0 spiro atoms. The van der Waals surface area contributed by atoms with E-state index in [9.17, 15) is 0 Å². The second kappa shape index (κ2) is 5.48. The Morgan fingerprint density at radius 2 is 2.08 bits per heavy atom. The van der Waals surface area contributed by atoms with Crippen molar-refractivity contribution in [2.24, 2.45) is 0 Å². The maximum atomic E-state index is 5.48. The van der Waals surface area contributed by atoms with Gasteiger partial charge in [-0.05, 0) is 0 Å². The fourth-order valence-corrected chi connectivity index (χ4v) is 1.31. The van der Waals surface area contributed by atoms with E-state index >= 15 is 0 Å². The van der Waals surface area contributed by atoms with Crippen LogP contribution in [0.4, 0.5) is 0 Å². The van der Waals surface area contributed by atoms with Crippen LogP contribution in [0.1, 0.15) is 0 Å². The predicted octanol–water partition coefficient (Wildman–Crippen LogP) is -0.349. The molecule has 1 fully saturated rings. The van der Waals surface area contributed by atoms with Gasteiger partial charge in [-0.15, -0.1) is 0 Å². The quantitative estimate of drug-likeness (QED) is 0.585. The van der Waals surface area contributed by atoms with Gasteiger partial charge in [-0.25, -0.2) is 5.32 Å². The van der Waals surface area contributed by atoms with Gasteiger partial charge in [0, 0.05) is 20.8 Å². The lowest BCUT2D eigenvalue weighted by atomic mass is 10.1. The third-order valence-corrected chi connectivity index (χ3v) is 1.88. The molecule has 12 heavy (non-hydrogen) atoms. The summed E-state index contributed by atoms with van der Waals surface area (Å²) in [5.74, 6) is 0. The molecule has 2 atom stereocenters. The van der Waals surface area contributed by atoms with Crippen molar-refractivity contribution in [1.29, 1.82) is 0 Å². The van der Waals surface area contributed by atoms with Crippen LogP contribution in [0, 0.1) is 0 Å². The average molecular weight is 174 g/mol. The topological polar surface area (TPSA) is 41.8 Å². The minimum Gasteiger partial charge on any atom is -0.383 e. The molecule has 1 radical (unpaired) electrons. The molecule has 1 aliphatic heterocycles.